The fourth-order valence-corrected chi connectivity index (χ4v) is 1.38. The molecule has 0 aromatic carbocycles. The lowest BCUT2D eigenvalue weighted by Gasteiger charge is -2.01. The second-order valence-corrected chi connectivity index (χ2v) is 3.18. The van der Waals surface area contributed by atoms with Crippen LogP contribution in [-0.2, 0) is 0 Å². The van der Waals surface area contributed by atoms with E-state index in [4.69, 9.17) is 6.42 Å². The highest BCUT2D eigenvalue weighted by atomic mass is 32.2. The average molecular weight is 160 g/mol. The molecule has 0 saturated carbocycles. The Hall–Kier alpha value is -0.160. The van der Waals surface area contributed by atoms with Crippen LogP contribution in [0.1, 0.15) is 19.8 Å². The minimum absolute atomic E-state index is 0.595. The fraction of sp³-hybridized carbons (Fsp3) is 0.750. The summed E-state index contributed by atoms with van der Waals surface area (Å²) in [5.41, 5.74) is 0. The van der Waals surface area contributed by atoms with E-state index in [1.807, 2.05) is 6.92 Å². The summed E-state index contributed by atoms with van der Waals surface area (Å²) in [4.78, 5) is 0. The Bertz CT molecular complexity index is 106. The monoisotopic (exact) mass is 160 g/mol. The number of thioether (sulfide) groups is 1. The van der Waals surface area contributed by atoms with Crippen LogP contribution in [0, 0.1) is 12.3 Å². The van der Waals surface area contributed by atoms with Crippen molar-refractivity contribution in [3.05, 3.63) is 0 Å². The molecule has 0 fully saturated rings. The molecular weight excluding hydrogens is 147 g/mol. The van der Waals surface area contributed by atoms with Crippen molar-refractivity contribution in [3.63, 3.8) is 0 Å². The molecule has 1 atom stereocenters. The van der Waals surface area contributed by atoms with Crippen molar-refractivity contribution in [2.75, 3.05) is 11.5 Å². The Kier molecular flexibility index (Phi) is 6.84. The first kappa shape index (κ1) is 9.84. The fourth-order valence-electron chi connectivity index (χ4n) is 0.460. The average Bonchev–Trinajstić information content (AvgIpc) is 1.98. The zero-order valence-electron chi connectivity index (χ0n) is 6.27. The summed E-state index contributed by atoms with van der Waals surface area (Å²) in [6, 6.07) is 0. The van der Waals surface area contributed by atoms with Crippen molar-refractivity contribution in [3.8, 4) is 12.3 Å². The second-order valence-electron chi connectivity index (χ2n) is 2.03. The molecule has 0 N–H and O–H groups in total. The highest BCUT2D eigenvalue weighted by molar-refractivity contribution is 7.99. The van der Waals surface area contributed by atoms with Crippen molar-refractivity contribution in [1.82, 2.24) is 0 Å². The van der Waals surface area contributed by atoms with Crippen LogP contribution < -0.4 is 0 Å². The molecule has 1 unspecified atom stereocenters. The normalized spacial score (nSPS) is 12.5. The van der Waals surface area contributed by atoms with E-state index in [0.717, 1.165) is 12.2 Å². The van der Waals surface area contributed by atoms with Gasteiger partial charge in [0.2, 0.25) is 0 Å². The highest BCUT2D eigenvalue weighted by Gasteiger charge is 2.00. The van der Waals surface area contributed by atoms with E-state index in [2.05, 4.69) is 5.92 Å². The lowest BCUT2D eigenvalue weighted by molar-refractivity contribution is 0.358. The van der Waals surface area contributed by atoms with Gasteiger partial charge in [0.05, 0.1) is 0 Å². The van der Waals surface area contributed by atoms with Gasteiger partial charge in [-0.05, 0) is 6.42 Å². The van der Waals surface area contributed by atoms with Gasteiger partial charge in [0.1, 0.15) is 6.17 Å². The lowest BCUT2D eigenvalue weighted by atomic mass is 10.3. The molecule has 0 aromatic rings. The first-order valence-corrected chi connectivity index (χ1v) is 4.62. The van der Waals surface area contributed by atoms with Gasteiger partial charge in [-0.25, -0.2) is 4.39 Å². The van der Waals surface area contributed by atoms with Crippen molar-refractivity contribution < 1.29 is 4.39 Å². The smallest absolute Gasteiger partial charge is 0.109 e. The molecule has 10 heavy (non-hydrogen) atoms. The lowest BCUT2D eigenvalue weighted by Crippen LogP contribution is -2.01. The van der Waals surface area contributed by atoms with Gasteiger partial charge in [-0.2, -0.15) is 11.8 Å². The third-order valence-electron chi connectivity index (χ3n) is 1.13. The summed E-state index contributed by atoms with van der Waals surface area (Å²) in [5.74, 6) is 4.00. The Balaban J connectivity index is 2.98. The number of hydrogen-bond donors (Lipinski definition) is 0. The molecule has 0 aromatic heterocycles. The summed E-state index contributed by atoms with van der Waals surface area (Å²) in [6.45, 7) is 1.85. The molecule has 2 heteroatoms. The van der Waals surface area contributed by atoms with Crippen molar-refractivity contribution in [2.45, 2.75) is 25.9 Å². The Morgan fingerprint density at radius 3 is 2.90 bits per heavy atom. The van der Waals surface area contributed by atoms with Gasteiger partial charge in [0, 0.05) is 17.9 Å². The Morgan fingerprint density at radius 2 is 2.40 bits per heavy atom. The van der Waals surface area contributed by atoms with Crippen molar-refractivity contribution in [1.29, 1.82) is 0 Å². The van der Waals surface area contributed by atoms with Gasteiger partial charge in [-0.15, -0.1) is 12.3 Å². The standard InChI is InChI=1S/C8H13FS/c1-3-5-6-10-7-8(9)4-2/h1,8H,4-7H2,2H3. The summed E-state index contributed by atoms with van der Waals surface area (Å²) < 4.78 is 12.5. The molecular formula is C8H13FS. The zero-order chi connectivity index (χ0) is 7.82. The van der Waals surface area contributed by atoms with Gasteiger partial charge in [0.25, 0.3) is 0 Å². The van der Waals surface area contributed by atoms with Crippen LogP contribution in [0.15, 0.2) is 0 Å². The van der Waals surface area contributed by atoms with E-state index in [1.165, 1.54) is 0 Å². The summed E-state index contributed by atoms with van der Waals surface area (Å²) >= 11 is 1.59. The predicted molar refractivity (Wildman–Crippen MR) is 46.0 cm³/mol. The maximum absolute atomic E-state index is 12.5. The maximum atomic E-state index is 12.5. The van der Waals surface area contributed by atoms with Crippen LogP contribution in [0.2, 0.25) is 0 Å². The van der Waals surface area contributed by atoms with Crippen LogP contribution in [0.5, 0.6) is 0 Å². The van der Waals surface area contributed by atoms with E-state index in [9.17, 15) is 4.39 Å². The maximum Gasteiger partial charge on any atom is 0.109 e. The van der Waals surface area contributed by atoms with Crippen LogP contribution in [0.3, 0.4) is 0 Å². The Labute approximate surface area is 66.6 Å². The van der Waals surface area contributed by atoms with Gasteiger partial charge >= 0.3 is 0 Å². The number of alkyl halides is 1. The third kappa shape index (κ3) is 5.97. The van der Waals surface area contributed by atoms with Crippen LogP contribution >= 0.6 is 11.8 Å². The first-order valence-electron chi connectivity index (χ1n) is 3.46. The number of terminal acetylenes is 1. The molecule has 0 aliphatic rings. The molecule has 0 aliphatic carbocycles. The largest absolute Gasteiger partial charge is 0.247 e. The second kappa shape index (κ2) is 6.95. The van der Waals surface area contributed by atoms with Crippen LogP contribution in [0.25, 0.3) is 0 Å². The quantitative estimate of drug-likeness (QED) is 0.440. The molecule has 0 saturated heterocycles. The number of rotatable bonds is 5. The zero-order valence-corrected chi connectivity index (χ0v) is 7.09. The van der Waals surface area contributed by atoms with Crippen LogP contribution in [0.4, 0.5) is 4.39 Å². The summed E-state index contributed by atoms with van der Waals surface area (Å²) in [7, 11) is 0. The third-order valence-corrected chi connectivity index (χ3v) is 2.22. The molecule has 0 bridgehead atoms. The molecule has 0 heterocycles. The van der Waals surface area contributed by atoms with E-state index in [1.54, 1.807) is 11.8 Å². The molecule has 0 rings (SSSR count). The van der Waals surface area contributed by atoms with Gasteiger partial charge in [0.15, 0.2) is 0 Å². The number of halogens is 1. The summed E-state index contributed by atoms with van der Waals surface area (Å²) in [6.07, 6.45) is 5.74. The van der Waals surface area contributed by atoms with Crippen LogP contribution in [-0.4, -0.2) is 17.7 Å². The summed E-state index contributed by atoms with van der Waals surface area (Å²) in [5, 5.41) is 0. The Morgan fingerprint density at radius 1 is 1.70 bits per heavy atom. The number of hydrogen-bond acceptors (Lipinski definition) is 1. The molecule has 0 spiro atoms. The molecule has 0 amide bonds. The highest BCUT2D eigenvalue weighted by Crippen LogP contribution is 2.08. The van der Waals surface area contributed by atoms with E-state index in [0.29, 0.717) is 12.2 Å². The van der Waals surface area contributed by atoms with E-state index in [-0.39, 0.29) is 0 Å². The first-order chi connectivity index (χ1) is 4.81. The van der Waals surface area contributed by atoms with Crippen molar-refractivity contribution in [2.24, 2.45) is 0 Å². The van der Waals surface area contributed by atoms with Gasteiger partial charge in [-0.3, -0.25) is 0 Å². The minimum atomic E-state index is -0.650. The van der Waals surface area contributed by atoms with Gasteiger partial charge < -0.3 is 0 Å². The van der Waals surface area contributed by atoms with Gasteiger partial charge in [-0.1, -0.05) is 6.92 Å². The van der Waals surface area contributed by atoms with E-state index >= 15 is 0 Å². The minimum Gasteiger partial charge on any atom is -0.247 e. The predicted octanol–water partition coefficient (Wildman–Crippen LogP) is 2.49. The molecule has 0 nitrogen and oxygen atoms in total. The topological polar surface area (TPSA) is 0 Å². The molecule has 58 valence electrons. The molecule has 0 radical (unpaired) electrons. The van der Waals surface area contributed by atoms with Crippen molar-refractivity contribution >= 4 is 11.8 Å². The molecule has 0 aliphatic heterocycles. The SMILES string of the molecule is C#CCCSCC(F)CC. The van der Waals surface area contributed by atoms with E-state index < -0.39 is 6.17 Å².